The first kappa shape index (κ1) is 71.1. The second-order valence-corrected chi connectivity index (χ2v) is 12.2. The van der Waals surface area contributed by atoms with Gasteiger partial charge in [-0.2, -0.15) is 0 Å². The molecule has 0 bridgehead atoms. The Kier molecular flexibility index (Phi) is 75.7. The minimum Gasteiger partial charge on any atom is -0.810 e. The van der Waals surface area contributed by atoms with Crippen molar-refractivity contribution in [3.8, 4) is 0 Å². The van der Waals surface area contributed by atoms with Crippen molar-refractivity contribution in [2.75, 3.05) is 38.2 Å². The van der Waals surface area contributed by atoms with Crippen LogP contribution in [0.2, 0.25) is 0 Å². The van der Waals surface area contributed by atoms with E-state index in [1.165, 1.54) is 0 Å². The quantitative estimate of drug-likeness (QED) is 0.0847. The zero-order chi connectivity index (χ0) is 22.2. The Bertz CT molecular complexity index is 574. The summed E-state index contributed by atoms with van der Waals surface area (Å²) in [6.45, 7) is -0.363. The number of nitrogens with zero attached hydrogens (tertiary/aromatic N) is 2. The summed E-state index contributed by atoms with van der Waals surface area (Å²) in [5, 5.41) is 0. The molecule has 0 unspecified atom stereocenters. The fourth-order valence-corrected chi connectivity index (χ4v) is 5.62. The van der Waals surface area contributed by atoms with Crippen LogP contribution in [0.15, 0.2) is 0 Å². The fourth-order valence-electron chi connectivity index (χ4n) is 2.38. The van der Waals surface area contributed by atoms with Gasteiger partial charge in [0.15, 0.2) is 0 Å². The molecule has 0 N–H and O–H groups in total. The van der Waals surface area contributed by atoms with E-state index in [0.717, 1.165) is 0 Å². The van der Waals surface area contributed by atoms with Gasteiger partial charge in [0.25, 0.3) is 0 Å². The molecule has 0 rings (SSSR count). The Hall–Kier alpha value is 13.6. The minimum absolute atomic E-state index is 0. The van der Waals surface area contributed by atoms with Crippen molar-refractivity contribution in [1.29, 1.82) is 0 Å². The molecular weight excluding hydrogens is 777 g/mol. The van der Waals surface area contributed by atoms with Crippen molar-refractivity contribution in [1.82, 2.24) is 9.80 Å². The summed E-state index contributed by atoms with van der Waals surface area (Å²) in [4.78, 5) is 87.4. The SMILES string of the molecule is O=P([O-])([O-])CN(CCCCCCN(CP(=O)([O-])[O-])CP(=O)([O-])[O-])CP(=O)([O-])[O-].[K+].[K+].[K+].[K+].[K+].[K+].[K+].[K+]. The minimum atomic E-state index is -5.07. The van der Waals surface area contributed by atoms with E-state index < -0.39 is 55.5 Å². The smallest absolute Gasteiger partial charge is 0.810 e. The first-order chi connectivity index (χ1) is 12.4. The van der Waals surface area contributed by atoms with Gasteiger partial charge in [0.1, 0.15) is 0 Å². The Balaban J connectivity index is -0.000000130. The van der Waals surface area contributed by atoms with Crippen LogP contribution in [-0.4, -0.2) is 48.0 Å². The molecule has 0 atom stereocenters. The zero-order valence-corrected chi connectivity index (χ0v) is 51.2. The van der Waals surface area contributed by atoms with Crippen LogP contribution >= 0.6 is 30.4 Å². The molecule has 170 valence electrons. The third-order valence-corrected chi connectivity index (χ3v) is 6.18. The molecule has 0 heterocycles. The Morgan fingerprint density at radius 2 is 0.528 bits per heavy atom. The summed E-state index contributed by atoms with van der Waals surface area (Å²) in [5.41, 5.74) is 0. The molecular formula is C10H20K8N2O12P4. The largest absolute Gasteiger partial charge is 1.00 e. The molecule has 14 nitrogen and oxygen atoms in total. The predicted molar refractivity (Wildman–Crippen MR) is 81.8 cm³/mol. The molecule has 36 heavy (non-hydrogen) atoms. The Labute approximate surface area is 553 Å². The maximum Gasteiger partial charge on any atom is 1.00 e. The van der Waals surface area contributed by atoms with E-state index in [2.05, 4.69) is 0 Å². The zero-order valence-electron chi connectivity index (χ0n) is 22.7. The van der Waals surface area contributed by atoms with Crippen LogP contribution in [0.5, 0.6) is 0 Å². The first-order valence-electron chi connectivity index (χ1n) is 7.85. The number of hydrogen-bond donors (Lipinski definition) is 0. The van der Waals surface area contributed by atoms with E-state index in [9.17, 15) is 57.4 Å². The molecule has 0 aliphatic carbocycles. The molecule has 0 fully saturated rings. The summed E-state index contributed by atoms with van der Waals surface area (Å²) < 4.78 is 43.0. The number of unbranched alkanes of at least 4 members (excludes halogenated alkanes) is 3. The Morgan fingerprint density at radius 3 is 0.667 bits per heavy atom. The van der Waals surface area contributed by atoms with Gasteiger partial charge in [-0.25, -0.2) is 0 Å². The second kappa shape index (κ2) is 38.3. The fraction of sp³-hybridized carbons (Fsp3) is 1.00. The van der Waals surface area contributed by atoms with E-state index >= 15 is 0 Å². The van der Waals surface area contributed by atoms with Crippen LogP contribution in [0, 0.1) is 0 Å². The summed E-state index contributed by atoms with van der Waals surface area (Å²) in [6.07, 6.45) is -3.48. The van der Waals surface area contributed by atoms with Crippen molar-refractivity contribution in [3.63, 3.8) is 0 Å². The maximum atomic E-state index is 10.7. The van der Waals surface area contributed by atoms with E-state index in [-0.39, 0.29) is 437 Å². The second-order valence-electron chi connectivity index (χ2n) is 6.21. The molecule has 0 aromatic heterocycles. The van der Waals surface area contributed by atoms with E-state index in [0.29, 0.717) is 22.6 Å². The van der Waals surface area contributed by atoms with Gasteiger partial charge in [-0.05, 0) is 25.9 Å². The van der Waals surface area contributed by atoms with Crippen LogP contribution in [-0.2, 0) is 18.3 Å². The van der Waals surface area contributed by atoms with Gasteiger partial charge in [-0.3, -0.25) is 9.80 Å². The van der Waals surface area contributed by atoms with Gasteiger partial charge in [0.05, 0.1) is 0 Å². The monoisotopic (exact) mass is 796 g/mol. The molecule has 0 saturated heterocycles. The van der Waals surface area contributed by atoms with Crippen molar-refractivity contribution in [2.45, 2.75) is 25.7 Å². The van der Waals surface area contributed by atoms with Crippen LogP contribution in [0.1, 0.15) is 25.7 Å². The average Bonchev–Trinajstić information content (AvgIpc) is 2.34. The maximum absolute atomic E-state index is 10.7. The number of hydrogen-bond acceptors (Lipinski definition) is 14. The van der Waals surface area contributed by atoms with E-state index in [1.807, 2.05) is 0 Å². The first-order valence-corrected chi connectivity index (χ1v) is 14.8. The molecule has 0 aliphatic rings. The molecule has 0 radical (unpaired) electrons. The van der Waals surface area contributed by atoms with Crippen LogP contribution in [0.25, 0.3) is 0 Å². The molecule has 0 saturated carbocycles. The van der Waals surface area contributed by atoms with Crippen LogP contribution < -0.4 is 450 Å². The van der Waals surface area contributed by atoms with Gasteiger partial charge < -0.3 is 57.4 Å². The summed E-state index contributed by atoms with van der Waals surface area (Å²) in [6, 6.07) is 0. The van der Waals surface area contributed by atoms with Crippen molar-refractivity contribution in [2.24, 2.45) is 0 Å². The van der Waals surface area contributed by atoms with Crippen molar-refractivity contribution < 1.29 is 468 Å². The topological polar surface area (TPSA) is 259 Å². The van der Waals surface area contributed by atoms with Crippen LogP contribution in [0.3, 0.4) is 0 Å². The summed E-state index contributed by atoms with van der Waals surface area (Å²) in [5.74, 6) is 0. The van der Waals surface area contributed by atoms with Gasteiger partial charge in [-0.15, -0.1) is 0 Å². The normalized spacial score (nSPS) is 11.1. The molecule has 26 heteroatoms. The third-order valence-electron chi connectivity index (χ3n) is 3.19. The Morgan fingerprint density at radius 1 is 0.361 bits per heavy atom. The molecule has 0 spiro atoms. The van der Waals surface area contributed by atoms with E-state index in [1.54, 1.807) is 0 Å². The molecule has 0 amide bonds. The molecule has 0 aromatic rings. The van der Waals surface area contributed by atoms with Crippen molar-refractivity contribution >= 4 is 30.4 Å². The van der Waals surface area contributed by atoms with E-state index in [4.69, 9.17) is 0 Å². The van der Waals surface area contributed by atoms with Gasteiger partial charge in [0, 0.05) is 25.1 Å². The third kappa shape index (κ3) is 57.0. The van der Waals surface area contributed by atoms with Gasteiger partial charge in [0.2, 0.25) is 0 Å². The van der Waals surface area contributed by atoms with Crippen LogP contribution in [0.4, 0.5) is 0 Å². The standard InChI is InChI=1S/C10H28N2O12P4.8K/c13-25(14,15)7-11(8-26(16,17)18)5-3-1-2-4-6-12(9-27(19,20)21)10-28(22,23)24;;;;;;;;/h1-10H2,(H2,13,14,15)(H2,16,17,18)(H2,19,20,21)(H2,22,23,24);;;;;;;;/q;8*+1/p-8. The molecule has 0 aromatic carbocycles. The summed E-state index contributed by atoms with van der Waals surface area (Å²) in [7, 11) is -20.3. The molecule has 0 aliphatic heterocycles. The van der Waals surface area contributed by atoms with Gasteiger partial charge >= 0.3 is 411 Å². The summed E-state index contributed by atoms with van der Waals surface area (Å²) >= 11 is 0. The van der Waals surface area contributed by atoms with Gasteiger partial charge in [-0.1, -0.05) is 43.2 Å². The number of rotatable bonds is 15. The predicted octanol–water partition coefficient (Wildman–Crippen LogP) is -29.3. The average molecular weight is 797 g/mol. The van der Waals surface area contributed by atoms with Crippen molar-refractivity contribution in [3.05, 3.63) is 0 Å².